The fourth-order valence-electron chi connectivity index (χ4n) is 2.97. The molecule has 1 N–H and O–H groups in total. The average molecular weight is 431 g/mol. The highest BCUT2D eigenvalue weighted by Crippen LogP contribution is 2.32. The molecule has 0 fully saturated rings. The minimum atomic E-state index is -4.70. The van der Waals surface area contributed by atoms with E-state index in [1.54, 1.807) is 42.5 Å². The third-order valence-corrected chi connectivity index (χ3v) is 4.62. The Morgan fingerprint density at radius 1 is 1.07 bits per heavy atom. The van der Waals surface area contributed by atoms with Crippen LogP contribution in [0.15, 0.2) is 60.7 Å². The predicted octanol–water partition coefficient (Wildman–Crippen LogP) is 5.63. The first-order valence-corrected chi connectivity index (χ1v) is 9.20. The van der Waals surface area contributed by atoms with Gasteiger partial charge in [-0.15, -0.1) is 0 Å². The van der Waals surface area contributed by atoms with Gasteiger partial charge in [0.1, 0.15) is 0 Å². The molecule has 9 heteroatoms. The van der Waals surface area contributed by atoms with Crippen molar-refractivity contribution in [3.05, 3.63) is 82.6 Å². The molecule has 1 amide bonds. The number of nitrogens with one attached hydrogen (secondary N) is 1. The Bertz CT molecular complexity index is 1250. The number of hydrogen-bond acceptors (Lipinski definition) is 3. The molecule has 4 aromatic rings. The zero-order valence-electron chi connectivity index (χ0n) is 15.5. The van der Waals surface area contributed by atoms with E-state index in [0.717, 1.165) is 11.6 Å². The van der Waals surface area contributed by atoms with Gasteiger partial charge in [0, 0.05) is 22.3 Å². The lowest BCUT2D eigenvalue weighted by Gasteiger charge is -2.11. The quantitative estimate of drug-likeness (QED) is 0.458. The molecule has 152 valence electrons. The largest absolute Gasteiger partial charge is 0.433 e. The molecule has 0 radical (unpaired) electrons. The third-order valence-electron chi connectivity index (χ3n) is 4.37. The summed E-state index contributed by atoms with van der Waals surface area (Å²) < 4.78 is 41.6. The van der Waals surface area contributed by atoms with Crippen LogP contribution < -0.4 is 5.32 Å². The summed E-state index contributed by atoms with van der Waals surface area (Å²) in [6.07, 6.45) is -4.70. The molecule has 5 nitrogen and oxygen atoms in total. The monoisotopic (exact) mass is 430 g/mol. The van der Waals surface area contributed by atoms with Gasteiger partial charge in [0.25, 0.3) is 5.91 Å². The second-order valence-electron chi connectivity index (χ2n) is 6.65. The van der Waals surface area contributed by atoms with Crippen LogP contribution in [0.25, 0.3) is 16.9 Å². The van der Waals surface area contributed by atoms with Crippen molar-refractivity contribution in [2.45, 2.75) is 13.1 Å². The summed E-state index contributed by atoms with van der Waals surface area (Å²) in [5.74, 6) is -0.632. The van der Waals surface area contributed by atoms with Gasteiger partial charge in [-0.1, -0.05) is 35.9 Å². The van der Waals surface area contributed by atoms with Crippen molar-refractivity contribution in [3.63, 3.8) is 0 Å². The van der Waals surface area contributed by atoms with Gasteiger partial charge < -0.3 is 5.32 Å². The maximum absolute atomic E-state index is 13.7. The summed E-state index contributed by atoms with van der Waals surface area (Å²) in [7, 11) is 0. The van der Waals surface area contributed by atoms with E-state index in [4.69, 9.17) is 11.6 Å². The number of amides is 1. The lowest BCUT2D eigenvalue weighted by Crippen LogP contribution is -2.15. The molecule has 0 saturated carbocycles. The van der Waals surface area contributed by atoms with Crippen molar-refractivity contribution in [1.29, 1.82) is 0 Å². The molecule has 0 bridgehead atoms. The van der Waals surface area contributed by atoms with E-state index in [1.165, 1.54) is 6.07 Å². The number of carbonyl (C=O) groups excluding carboxylic acids is 1. The molecule has 0 saturated heterocycles. The number of halogens is 4. The maximum atomic E-state index is 13.7. The van der Waals surface area contributed by atoms with Crippen molar-refractivity contribution < 1.29 is 18.0 Å². The van der Waals surface area contributed by atoms with E-state index < -0.39 is 17.8 Å². The fourth-order valence-corrected chi connectivity index (χ4v) is 3.10. The van der Waals surface area contributed by atoms with E-state index in [1.807, 2.05) is 13.0 Å². The minimum Gasteiger partial charge on any atom is -0.321 e. The van der Waals surface area contributed by atoms with Crippen LogP contribution in [0, 0.1) is 6.92 Å². The highest BCUT2D eigenvalue weighted by Gasteiger charge is 2.35. The van der Waals surface area contributed by atoms with E-state index in [2.05, 4.69) is 15.4 Å². The fraction of sp³-hybridized carbons (Fsp3) is 0.0952. The Hall–Kier alpha value is -3.39. The van der Waals surface area contributed by atoms with Crippen LogP contribution in [0.5, 0.6) is 0 Å². The molecule has 0 spiro atoms. The van der Waals surface area contributed by atoms with Gasteiger partial charge in [-0.05, 0) is 42.8 Å². The normalized spacial score (nSPS) is 11.6. The Labute approximate surface area is 174 Å². The molecule has 30 heavy (non-hydrogen) atoms. The van der Waals surface area contributed by atoms with Gasteiger partial charge in [-0.2, -0.15) is 18.3 Å². The van der Waals surface area contributed by atoms with E-state index in [0.29, 0.717) is 20.8 Å². The smallest absolute Gasteiger partial charge is 0.321 e. The maximum Gasteiger partial charge on any atom is 0.433 e. The summed E-state index contributed by atoms with van der Waals surface area (Å²) >= 11 is 5.85. The van der Waals surface area contributed by atoms with Gasteiger partial charge in [-0.3, -0.25) is 4.79 Å². The number of fused-ring (bicyclic) bond motifs is 1. The Morgan fingerprint density at radius 3 is 2.47 bits per heavy atom. The first-order valence-electron chi connectivity index (χ1n) is 8.83. The molecule has 0 aliphatic carbocycles. The Morgan fingerprint density at radius 2 is 1.80 bits per heavy atom. The van der Waals surface area contributed by atoms with Crippen molar-refractivity contribution in [3.8, 4) is 11.3 Å². The zero-order chi connectivity index (χ0) is 21.5. The molecule has 2 aromatic heterocycles. The molecule has 4 rings (SSSR count). The van der Waals surface area contributed by atoms with Crippen molar-refractivity contribution in [2.24, 2.45) is 0 Å². The number of nitrogens with zero attached hydrogens (tertiary/aromatic N) is 3. The van der Waals surface area contributed by atoms with Crippen LogP contribution in [0.1, 0.15) is 21.7 Å². The van der Waals surface area contributed by atoms with Crippen LogP contribution in [-0.2, 0) is 6.18 Å². The standard InChI is InChI=1S/C21H14ClF3N4O/c1-12-3-2-4-15(9-12)26-20(30)17-11-19-27-16(13-5-7-14(22)8-6-13)10-18(21(23,24)25)29(19)28-17/h2-11H,1H3,(H,26,30). The topological polar surface area (TPSA) is 59.3 Å². The SMILES string of the molecule is Cc1cccc(NC(=O)c2cc3nc(-c4ccc(Cl)cc4)cc(C(F)(F)F)n3n2)c1. The molecule has 0 unspecified atom stereocenters. The average Bonchev–Trinajstić information content (AvgIpc) is 3.11. The van der Waals surface area contributed by atoms with Crippen LogP contribution in [0.4, 0.5) is 18.9 Å². The van der Waals surface area contributed by atoms with Crippen molar-refractivity contribution >= 4 is 28.8 Å². The van der Waals surface area contributed by atoms with Crippen LogP contribution in [0.3, 0.4) is 0 Å². The highest BCUT2D eigenvalue weighted by atomic mass is 35.5. The Kier molecular flexibility index (Phi) is 4.95. The summed E-state index contributed by atoms with van der Waals surface area (Å²) in [6, 6.07) is 15.4. The first-order chi connectivity index (χ1) is 14.2. The third kappa shape index (κ3) is 3.99. The number of aryl methyl sites for hydroxylation is 1. The van der Waals surface area contributed by atoms with E-state index in [9.17, 15) is 18.0 Å². The molecule has 2 aromatic carbocycles. The number of anilines is 1. The van der Waals surface area contributed by atoms with Crippen molar-refractivity contribution in [2.75, 3.05) is 5.32 Å². The van der Waals surface area contributed by atoms with Crippen molar-refractivity contribution in [1.82, 2.24) is 14.6 Å². The summed E-state index contributed by atoms with van der Waals surface area (Å²) in [5, 5.41) is 6.93. The van der Waals surface area contributed by atoms with E-state index >= 15 is 0 Å². The molecule has 0 aliphatic rings. The second kappa shape index (κ2) is 7.46. The van der Waals surface area contributed by atoms with Gasteiger partial charge in [0.15, 0.2) is 17.0 Å². The molecule has 0 aliphatic heterocycles. The minimum absolute atomic E-state index is 0.0934. The number of carbonyl (C=O) groups is 1. The highest BCUT2D eigenvalue weighted by molar-refractivity contribution is 6.30. The van der Waals surface area contributed by atoms with Gasteiger partial charge in [-0.25, -0.2) is 9.50 Å². The summed E-state index contributed by atoms with van der Waals surface area (Å²) in [5.41, 5.74) is 0.690. The molecule has 0 atom stereocenters. The van der Waals surface area contributed by atoms with Gasteiger partial charge in [0.2, 0.25) is 0 Å². The first kappa shape index (κ1) is 19.9. The lowest BCUT2D eigenvalue weighted by atomic mass is 10.1. The number of aromatic nitrogens is 3. The Balaban J connectivity index is 1.78. The van der Waals surface area contributed by atoms with Crippen LogP contribution in [0.2, 0.25) is 5.02 Å². The predicted molar refractivity (Wildman–Crippen MR) is 108 cm³/mol. The number of hydrogen-bond donors (Lipinski definition) is 1. The van der Waals surface area contributed by atoms with E-state index in [-0.39, 0.29) is 17.0 Å². The zero-order valence-corrected chi connectivity index (χ0v) is 16.3. The lowest BCUT2D eigenvalue weighted by molar-refractivity contribution is -0.142. The van der Waals surface area contributed by atoms with Gasteiger partial charge in [0.05, 0.1) is 5.69 Å². The second-order valence-corrected chi connectivity index (χ2v) is 7.09. The molecule has 2 heterocycles. The number of rotatable bonds is 3. The molecular weight excluding hydrogens is 417 g/mol. The van der Waals surface area contributed by atoms with Crippen LogP contribution >= 0.6 is 11.6 Å². The van der Waals surface area contributed by atoms with Crippen LogP contribution in [-0.4, -0.2) is 20.5 Å². The van der Waals surface area contributed by atoms with Gasteiger partial charge >= 0.3 is 6.18 Å². The number of alkyl halides is 3. The summed E-state index contributed by atoms with van der Waals surface area (Å²) in [6.45, 7) is 1.86. The molecular formula is C21H14ClF3N4O. The summed E-state index contributed by atoms with van der Waals surface area (Å²) in [4.78, 5) is 16.8. The number of benzene rings is 2.